The Morgan fingerprint density at radius 2 is 2.00 bits per heavy atom. The van der Waals surface area contributed by atoms with Crippen molar-refractivity contribution in [1.29, 1.82) is 0 Å². The number of ether oxygens (including phenoxy) is 1. The normalized spacial score (nSPS) is 24.8. The lowest BCUT2D eigenvalue weighted by atomic mass is 9.93. The van der Waals surface area contributed by atoms with Crippen molar-refractivity contribution in [2.24, 2.45) is 5.92 Å². The lowest BCUT2D eigenvalue weighted by Crippen LogP contribution is -2.48. The first-order valence-corrected chi connectivity index (χ1v) is 12.5. The maximum absolute atomic E-state index is 13.0. The molecule has 2 aliphatic heterocycles. The van der Waals surface area contributed by atoms with Gasteiger partial charge in [-0.15, -0.1) is 0 Å². The molecule has 0 aromatic heterocycles. The van der Waals surface area contributed by atoms with Crippen LogP contribution in [-0.2, 0) is 23.9 Å². The van der Waals surface area contributed by atoms with E-state index in [0.717, 1.165) is 12.8 Å². The van der Waals surface area contributed by atoms with Crippen molar-refractivity contribution in [2.75, 3.05) is 18.9 Å². The minimum Gasteiger partial charge on any atom is -0.434 e. The van der Waals surface area contributed by atoms with Gasteiger partial charge in [-0.2, -0.15) is 0 Å². The lowest BCUT2D eigenvalue weighted by Gasteiger charge is -2.25. The maximum Gasteiger partial charge on any atom is 0.410 e. The van der Waals surface area contributed by atoms with E-state index in [-0.39, 0.29) is 47.2 Å². The number of ketones is 1. The Morgan fingerprint density at radius 1 is 1.27 bits per heavy atom. The third kappa shape index (κ3) is 6.56. The molecule has 5 atom stereocenters. The molecule has 0 radical (unpaired) electrons. The summed E-state index contributed by atoms with van der Waals surface area (Å²) < 4.78 is 5.03. The number of aliphatic hydroxyl groups is 1. The largest absolute Gasteiger partial charge is 0.434 e. The molecule has 13 heteroatoms. The summed E-state index contributed by atoms with van der Waals surface area (Å²) in [4.78, 5) is 63.5. The van der Waals surface area contributed by atoms with E-state index < -0.39 is 48.0 Å². The van der Waals surface area contributed by atoms with Gasteiger partial charge in [0.1, 0.15) is 6.23 Å². The standard InChI is InChI=1S/C24H30ClN5O7/c1-11-7-12(20(32)26-11)8-17(19(31)23(35)27-14-4-5-14)29-21(33)15-9-13(25)3-6-16(15)28-22(34)18-10-30(2)24(36)37-18/h3,6,9,11-12,14,17-18,21,29,33H,4-5,7-8,10H2,1-2H3,(H,26,32)(H,27,35)(H,28,34)/t11-,12+,17+,18-,21?/m1/s1. The highest BCUT2D eigenvalue weighted by Gasteiger charge is 2.38. The van der Waals surface area contributed by atoms with Crippen LogP contribution in [0.3, 0.4) is 0 Å². The molecule has 12 nitrogen and oxygen atoms in total. The maximum atomic E-state index is 13.0. The quantitative estimate of drug-likeness (QED) is 0.212. The average molecular weight is 536 g/mol. The summed E-state index contributed by atoms with van der Waals surface area (Å²) in [5.41, 5.74) is 0.295. The van der Waals surface area contributed by atoms with Gasteiger partial charge >= 0.3 is 6.09 Å². The Labute approximate surface area is 218 Å². The SMILES string of the molecule is C[C@@H]1C[C@@H](C[C@H](NC(O)c2cc(Cl)ccc2NC(=O)[C@H]2CN(C)C(=O)O2)C(=O)C(=O)NC2CC2)C(=O)N1. The van der Waals surface area contributed by atoms with Gasteiger partial charge in [-0.05, 0) is 50.8 Å². The van der Waals surface area contributed by atoms with Gasteiger partial charge in [-0.3, -0.25) is 24.5 Å². The molecule has 4 amide bonds. The molecule has 0 spiro atoms. The third-order valence-corrected chi connectivity index (χ3v) is 6.82. The van der Waals surface area contributed by atoms with Crippen molar-refractivity contribution in [2.45, 2.75) is 63.1 Å². The topological polar surface area (TPSA) is 166 Å². The van der Waals surface area contributed by atoms with Crippen LogP contribution in [0.25, 0.3) is 0 Å². The van der Waals surface area contributed by atoms with Gasteiger partial charge in [0.25, 0.3) is 11.8 Å². The van der Waals surface area contributed by atoms with E-state index in [9.17, 15) is 29.1 Å². The number of likely N-dealkylation sites (N-methyl/N-ethyl adjacent to an activating group) is 1. The Bertz CT molecular complexity index is 1110. The van der Waals surface area contributed by atoms with Crippen LogP contribution in [0.15, 0.2) is 18.2 Å². The van der Waals surface area contributed by atoms with Crippen molar-refractivity contribution in [3.63, 3.8) is 0 Å². The van der Waals surface area contributed by atoms with E-state index in [1.54, 1.807) is 0 Å². The highest BCUT2D eigenvalue weighted by molar-refractivity contribution is 6.38. The second kappa shape index (κ2) is 11.0. The van der Waals surface area contributed by atoms with Crippen molar-refractivity contribution >= 4 is 46.9 Å². The fourth-order valence-corrected chi connectivity index (χ4v) is 4.59. The fraction of sp³-hybridized carbons (Fsp3) is 0.542. The summed E-state index contributed by atoms with van der Waals surface area (Å²) in [6.45, 7) is 1.90. The number of nitrogens with one attached hydrogen (secondary N) is 4. The first kappa shape index (κ1) is 26.8. The van der Waals surface area contributed by atoms with Crippen molar-refractivity contribution in [3.05, 3.63) is 28.8 Å². The Kier molecular flexibility index (Phi) is 8.00. The van der Waals surface area contributed by atoms with Crippen LogP contribution in [0.5, 0.6) is 0 Å². The molecule has 1 aromatic rings. The lowest BCUT2D eigenvalue weighted by molar-refractivity contribution is -0.140. The van der Waals surface area contributed by atoms with Gasteiger partial charge in [0.05, 0.1) is 12.6 Å². The van der Waals surface area contributed by atoms with Crippen LogP contribution >= 0.6 is 11.6 Å². The van der Waals surface area contributed by atoms with Crippen LogP contribution in [0.4, 0.5) is 10.5 Å². The van der Waals surface area contributed by atoms with E-state index in [4.69, 9.17) is 16.3 Å². The molecule has 3 fully saturated rings. The minimum atomic E-state index is -1.53. The zero-order valence-corrected chi connectivity index (χ0v) is 21.2. The molecule has 2 heterocycles. The Hall–Kier alpha value is -3.22. The molecule has 1 saturated carbocycles. The predicted molar refractivity (Wildman–Crippen MR) is 131 cm³/mol. The molecule has 2 saturated heterocycles. The summed E-state index contributed by atoms with van der Waals surface area (Å²) in [5, 5.41) is 22.1. The van der Waals surface area contributed by atoms with Gasteiger partial charge in [-0.1, -0.05) is 11.6 Å². The molecule has 5 N–H and O–H groups in total. The Morgan fingerprint density at radius 3 is 2.59 bits per heavy atom. The first-order chi connectivity index (χ1) is 17.5. The molecular formula is C24H30ClN5O7. The zero-order valence-electron chi connectivity index (χ0n) is 20.5. The summed E-state index contributed by atoms with van der Waals surface area (Å²) in [6, 6.07) is 3.06. The van der Waals surface area contributed by atoms with Crippen LogP contribution in [0, 0.1) is 5.92 Å². The number of Topliss-reactive ketones (excluding diaryl/α,β-unsaturated/α-hetero) is 1. The smallest absolute Gasteiger partial charge is 0.410 e. The number of benzene rings is 1. The number of anilines is 1. The van der Waals surface area contributed by atoms with Gasteiger partial charge in [-0.25, -0.2) is 4.79 Å². The molecule has 37 heavy (non-hydrogen) atoms. The molecule has 1 aromatic carbocycles. The van der Waals surface area contributed by atoms with E-state index in [1.165, 1.54) is 30.1 Å². The summed E-state index contributed by atoms with van der Waals surface area (Å²) in [7, 11) is 1.50. The van der Waals surface area contributed by atoms with Crippen LogP contribution < -0.4 is 21.3 Å². The third-order valence-electron chi connectivity index (χ3n) is 6.58. The van der Waals surface area contributed by atoms with Crippen molar-refractivity contribution in [1.82, 2.24) is 20.9 Å². The number of halogens is 1. The molecule has 1 unspecified atom stereocenters. The summed E-state index contributed by atoms with van der Waals surface area (Å²) >= 11 is 6.14. The second-order valence-electron chi connectivity index (χ2n) is 9.79. The highest BCUT2D eigenvalue weighted by atomic mass is 35.5. The predicted octanol–water partition coefficient (Wildman–Crippen LogP) is 0.441. The molecule has 1 aliphatic carbocycles. The number of hydrogen-bond donors (Lipinski definition) is 5. The monoisotopic (exact) mass is 535 g/mol. The summed E-state index contributed by atoms with van der Waals surface area (Å²) in [5.74, 6) is -2.94. The molecule has 200 valence electrons. The highest BCUT2D eigenvalue weighted by Crippen LogP contribution is 2.28. The zero-order chi connectivity index (χ0) is 26.9. The van der Waals surface area contributed by atoms with E-state index in [2.05, 4.69) is 21.3 Å². The molecule has 0 bridgehead atoms. The minimum absolute atomic E-state index is 0.00320. The average Bonchev–Trinajstić information content (AvgIpc) is 3.51. The van der Waals surface area contributed by atoms with Gasteiger partial charge < -0.3 is 30.7 Å². The van der Waals surface area contributed by atoms with Crippen molar-refractivity contribution < 1.29 is 33.8 Å². The molecule has 4 rings (SSSR count). The number of aliphatic hydroxyl groups excluding tert-OH is 1. The van der Waals surface area contributed by atoms with Crippen LogP contribution in [0.1, 0.15) is 44.4 Å². The summed E-state index contributed by atoms with van der Waals surface area (Å²) in [6.07, 6.45) is -1.15. The van der Waals surface area contributed by atoms with E-state index >= 15 is 0 Å². The Balaban J connectivity index is 1.52. The fourth-order valence-electron chi connectivity index (χ4n) is 4.41. The van der Waals surface area contributed by atoms with Crippen molar-refractivity contribution in [3.8, 4) is 0 Å². The van der Waals surface area contributed by atoms with Crippen LogP contribution in [0.2, 0.25) is 5.02 Å². The molecule has 3 aliphatic rings. The molecular weight excluding hydrogens is 506 g/mol. The number of amides is 4. The second-order valence-corrected chi connectivity index (χ2v) is 10.2. The number of carbonyl (C=O) groups excluding carboxylic acids is 5. The number of hydrogen-bond acceptors (Lipinski definition) is 8. The number of carbonyl (C=O) groups is 5. The number of rotatable bonds is 10. The van der Waals surface area contributed by atoms with E-state index in [0.29, 0.717) is 6.42 Å². The van der Waals surface area contributed by atoms with E-state index in [1.807, 2.05) is 6.92 Å². The van der Waals surface area contributed by atoms with Gasteiger partial charge in [0.15, 0.2) is 6.10 Å². The van der Waals surface area contributed by atoms with Gasteiger partial charge in [0, 0.05) is 41.3 Å². The van der Waals surface area contributed by atoms with Gasteiger partial charge in [0.2, 0.25) is 11.7 Å². The number of nitrogens with zero attached hydrogens (tertiary/aromatic N) is 1. The number of cyclic esters (lactones) is 1. The van der Waals surface area contributed by atoms with Crippen LogP contribution in [-0.4, -0.2) is 77.4 Å². The first-order valence-electron chi connectivity index (χ1n) is 12.1.